The molecular weight excluding hydrogens is 190 g/mol. The summed E-state index contributed by atoms with van der Waals surface area (Å²) in [5.41, 5.74) is 0. The molecule has 0 amide bonds. The molecular formula is C12H25NO2. The highest BCUT2D eigenvalue weighted by molar-refractivity contribution is 4.85. The van der Waals surface area contributed by atoms with Crippen molar-refractivity contribution in [2.24, 2.45) is 5.92 Å². The first-order valence-electron chi connectivity index (χ1n) is 6.27. The third kappa shape index (κ3) is 6.13. The monoisotopic (exact) mass is 215 g/mol. The van der Waals surface area contributed by atoms with Crippen LogP contribution in [0.25, 0.3) is 0 Å². The van der Waals surface area contributed by atoms with E-state index in [0.29, 0.717) is 6.04 Å². The van der Waals surface area contributed by atoms with E-state index < -0.39 is 0 Å². The van der Waals surface area contributed by atoms with Crippen molar-refractivity contribution in [1.82, 2.24) is 5.32 Å². The van der Waals surface area contributed by atoms with Gasteiger partial charge in [-0.15, -0.1) is 0 Å². The van der Waals surface area contributed by atoms with Gasteiger partial charge in [-0.1, -0.05) is 13.8 Å². The lowest BCUT2D eigenvalue weighted by molar-refractivity contribution is 0.0372. The van der Waals surface area contributed by atoms with Crippen molar-refractivity contribution in [1.29, 1.82) is 0 Å². The minimum atomic E-state index is 0.571. The van der Waals surface area contributed by atoms with Gasteiger partial charge in [0.05, 0.1) is 19.8 Å². The van der Waals surface area contributed by atoms with Gasteiger partial charge >= 0.3 is 0 Å². The van der Waals surface area contributed by atoms with Gasteiger partial charge < -0.3 is 14.8 Å². The van der Waals surface area contributed by atoms with Crippen LogP contribution in [0.3, 0.4) is 0 Å². The maximum Gasteiger partial charge on any atom is 0.0701 e. The molecule has 3 heteroatoms. The summed E-state index contributed by atoms with van der Waals surface area (Å²) < 4.78 is 11.0. The highest BCUT2D eigenvalue weighted by Crippen LogP contribution is 2.32. The Morgan fingerprint density at radius 1 is 1.13 bits per heavy atom. The van der Waals surface area contributed by atoms with E-state index in [9.17, 15) is 0 Å². The Hall–Kier alpha value is -0.120. The van der Waals surface area contributed by atoms with Crippen LogP contribution in [-0.4, -0.2) is 39.0 Å². The Labute approximate surface area is 93.5 Å². The van der Waals surface area contributed by atoms with Crippen molar-refractivity contribution in [2.75, 3.05) is 33.0 Å². The molecule has 0 heterocycles. The fourth-order valence-electron chi connectivity index (χ4n) is 1.70. The van der Waals surface area contributed by atoms with E-state index in [-0.39, 0.29) is 0 Å². The lowest BCUT2D eigenvalue weighted by Crippen LogP contribution is -2.35. The molecule has 0 saturated heterocycles. The number of rotatable bonds is 10. The second-order valence-electron chi connectivity index (χ2n) is 4.19. The third-order valence-electron chi connectivity index (χ3n) is 2.68. The van der Waals surface area contributed by atoms with Gasteiger partial charge in [0, 0.05) is 12.6 Å². The van der Waals surface area contributed by atoms with E-state index in [1.807, 2.05) is 0 Å². The van der Waals surface area contributed by atoms with Gasteiger partial charge in [-0.3, -0.25) is 0 Å². The van der Waals surface area contributed by atoms with Crippen LogP contribution in [0.15, 0.2) is 0 Å². The van der Waals surface area contributed by atoms with Crippen molar-refractivity contribution in [2.45, 2.75) is 39.2 Å². The zero-order chi connectivity index (χ0) is 10.9. The number of ether oxygens (including phenoxy) is 2. The fourth-order valence-corrected chi connectivity index (χ4v) is 1.70. The molecule has 0 aromatic heterocycles. The van der Waals surface area contributed by atoms with Crippen LogP contribution in [-0.2, 0) is 9.47 Å². The van der Waals surface area contributed by atoms with Crippen molar-refractivity contribution >= 4 is 0 Å². The molecule has 15 heavy (non-hydrogen) atoms. The molecule has 1 atom stereocenters. The second-order valence-corrected chi connectivity index (χ2v) is 4.19. The summed E-state index contributed by atoms with van der Waals surface area (Å²) in [7, 11) is 0. The molecule has 1 unspecified atom stereocenters. The maximum absolute atomic E-state index is 5.61. The SMILES string of the molecule is CCCOCCOCC(NCC)C1CC1. The standard InChI is InChI=1S/C12H25NO2/c1-3-7-14-8-9-15-10-12(13-4-2)11-5-6-11/h11-13H,3-10H2,1-2H3. The summed E-state index contributed by atoms with van der Waals surface area (Å²) in [6.07, 6.45) is 3.82. The number of likely N-dealkylation sites (N-methyl/N-ethyl adjacent to an activating group) is 1. The van der Waals surface area contributed by atoms with Crippen molar-refractivity contribution in [3.05, 3.63) is 0 Å². The van der Waals surface area contributed by atoms with Gasteiger partial charge in [-0.25, -0.2) is 0 Å². The van der Waals surface area contributed by atoms with E-state index in [2.05, 4.69) is 19.2 Å². The Balaban J connectivity index is 1.92. The molecule has 0 bridgehead atoms. The first-order valence-corrected chi connectivity index (χ1v) is 6.27. The summed E-state index contributed by atoms with van der Waals surface area (Å²) in [4.78, 5) is 0. The number of nitrogens with one attached hydrogen (secondary N) is 1. The smallest absolute Gasteiger partial charge is 0.0701 e. The Bertz CT molecular complexity index is 149. The van der Waals surface area contributed by atoms with E-state index in [0.717, 1.165) is 45.3 Å². The van der Waals surface area contributed by atoms with Crippen LogP contribution < -0.4 is 5.32 Å². The van der Waals surface area contributed by atoms with Crippen LogP contribution in [0.2, 0.25) is 0 Å². The molecule has 1 N–H and O–H groups in total. The molecule has 1 saturated carbocycles. The molecule has 0 spiro atoms. The molecule has 0 aromatic carbocycles. The summed E-state index contributed by atoms with van der Waals surface area (Å²) >= 11 is 0. The van der Waals surface area contributed by atoms with Gasteiger partial charge in [0.2, 0.25) is 0 Å². The molecule has 0 aliphatic heterocycles. The van der Waals surface area contributed by atoms with Crippen molar-refractivity contribution in [3.8, 4) is 0 Å². The molecule has 1 aliphatic carbocycles. The molecule has 1 rings (SSSR count). The first kappa shape index (κ1) is 12.9. The zero-order valence-electron chi connectivity index (χ0n) is 10.1. The van der Waals surface area contributed by atoms with Gasteiger partial charge in [0.25, 0.3) is 0 Å². The predicted molar refractivity (Wildman–Crippen MR) is 62.1 cm³/mol. The fraction of sp³-hybridized carbons (Fsp3) is 1.00. The highest BCUT2D eigenvalue weighted by atomic mass is 16.5. The molecule has 3 nitrogen and oxygen atoms in total. The topological polar surface area (TPSA) is 30.5 Å². The molecule has 0 aromatic rings. The van der Waals surface area contributed by atoms with Gasteiger partial charge in [0.1, 0.15) is 0 Å². The third-order valence-corrected chi connectivity index (χ3v) is 2.68. The minimum Gasteiger partial charge on any atom is -0.379 e. The normalized spacial score (nSPS) is 18.0. The zero-order valence-corrected chi connectivity index (χ0v) is 10.1. The predicted octanol–water partition coefficient (Wildman–Crippen LogP) is 1.82. The Morgan fingerprint density at radius 2 is 1.87 bits per heavy atom. The Kier molecular flexibility index (Phi) is 6.98. The number of hydrogen-bond donors (Lipinski definition) is 1. The largest absolute Gasteiger partial charge is 0.379 e. The van der Waals surface area contributed by atoms with E-state index >= 15 is 0 Å². The average molecular weight is 215 g/mol. The molecule has 0 radical (unpaired) electrons. The van der Waals surface area contributed by atoms with E-state index in [4.69, 9.17) is 9.47 Å². The Morgan fingerprint density at radius 3 is 2.47 bits per heavy atom. The molecule has 1 fully saturated rings. The maximum atomic E-state index is 5.61. The first-order chi connectivity index (χ1) is 7.38. The van der Waals surface area contributed by atoms with Gasteiger partial charge in [0.15, 0.2) is 0 Å². The van der Waals surface area contributed by atoms with Crippen LogP contribution in [0.4, 0.5) is 0 Å². The molecule has 1 aliphatic rings. The van der Waals surface area contributed by atoms with E-state index in [1.165, 1.54) is 12.8 Å². The number of hydrogen-bond acceptors (Lipinski definition) is 3. The summed E-state index contributed by atoms with van der Waals surface area (Å²) in [5, 5.41) is 3.48. The van der Waals surface area contributed by atoms with Gasteiger partial charge in [-0.2, -0.15) is 0 Å². The minimum absolute atomic E-state index is 0.571. The van der Waals surface area contributed by atoms with Crippen LogP contribution in [0.5, 0.6) is 0 Å². The van der Waals surface area contributed by atoms with Crippen molar-refractivity contribution < 1.29 is 9.47 Å². The van der Waals surface area contributed by atoms with Crippen LogP contribution in [0, 0.1) is 5.92 Å². The summed E-state index contributed by atoms with van der Waals surface area (Å²) in [6, 6.07) is 0.571. The molecule has 90 valence electrons. The summed E-state index contributed by atoms with van der Waals surface area (Å²) in [5.74, 6) is 0.863. The van der Waals surface area contributed by atoms with Crippen molar-refractivity contribution in [3.63, 3.8) is 0 Å². The lowest BCUT2D eigenvalue weighted by atomic mass is 10.2. The van der Waals surface area contributed by atoms with Crippen LogP contribution >= 0.6 is 0 Å². The van der Waals surface area contributed by atoms with Gasteiger partial charge in [-0.05, 0) is 31.7 Å². The second kappa shape index (κ2) is 8.08. The average Bonchev–Trinajstić information content (AvgIpc) is 3.05. The summed E-state index contributed by atoms with van der Waals surface area (Å²) in [6.45, 7) is 8.47. The lowest BCUT2D eigenvalue weighted by Gasteiger charge is -2.17. The highest BCUT2D eigenvalue weighted by Gasteiger charge is 2.30. The van der Waals surface area contributed by atoms with E-state index in [1.54, 1.807) is 0 Å². The van der Waals surface area contributed by atoms with Crippen LogP contribution in [0.1, 0.15) is 33.1 Å². The quantitative estimate of drug-likeness (QED) is 0.564.